The molecule has 11 heavy (non-hydrogen) atoms. The van der Waals surface area contributed by atoms with E-state index >= 15 is 0 Å². The predicted molar refractivity (Wildman–Crippen MR) is 50.9 cm³/mol. The maximum Gasteiger partial charge on any atom is 0.0802 e. The molecule has 0 aliphatic carbocycles. The number of hydrogen-bond donors (Lipinski definition) is 0. The smallest absolute Gasteiger partial charge is 0.0802 e. The second kappa shape index (κ2) is 3.18. The zero-order valence-corrected chi connectivity index (χ0v) is 8.03. The molecular formula is C9H13NS. The molecule has 0 saturated heterocycles. The summed E-state index contributed by atoms with van der Waals surface area (Å²) in [6, 6.07) is 0. The van der Waals surface area contributed by atoms with Crippen molar-refractivity contribution in [1.29, 1.82) is 0 Å². The average Bonchev–Trinajstić information content (AvgIpc) is 2.32. The van der Waals surface area contributed by atoms with Crippen molar-refractivity contribution in [3.63, 3.8) is 0 Å². The Morgan fingerprint density at radius 1 is 1.64 bits per heavy atom. The molecule has 1 nitrogen and oxygen atoms in total. The molecule has 1 rings (SSSR count). The van der Waals surface area contributed by atoms with E-state index in [-0.39, 0.29) is 0 Å². The van der Waals surface area contributed by atoms with E-state index in [4.69, 9.17) is 0 Å². The van der Waals surface area contributed by atoms with Crippen molar-refractivity contribution in [3.8, 4) is 0 Å². The second-order valence-corrected chi connectivity index (χ2v) is 3.89. The minimum atomic E-state index is 0.564. The summed E-state index contributed by atoms with van der Waals surface area (Å²) in [6.07, 6.45) is 0. The lowest BCUT2D eigenvalue weighted by atomic mass is 10.1. The van der Waals surface area contributed by atoms with Gasteiger partial charge >= 0.3 is 0 Å². The van der Waals surface area contributed by atoms with E-state index < -0.39 is 0 Å². The Morgan fingerprint density at radius 2 is 2.27 bits per heavy atom. The first-order valence-corrected chi connectivity index (χ1v) is 4.60. The molecule has 1 aromatic heterocycles. The Morgan fingerprint density at radius 3 is 2.64 bits per heavy atom. The summed E-state index contributed by atoms with van der Waals surface area (Å²) in [7, 11) is 0. The van der Waals surface area contributed by atoms with Crippen LogP contribution < -0.4 is 0 Å². The fourth-order valence-electron chi connectivity index (χ4n) is 0.985. The molecule has 0 aliphatic rings. The number of hydrogen-bond acceptors (Lipinski definition) is 2. The van der Waals surface area contributed by atoms with Crippen molar-refractivity contribution < 1.29 is 0 Å². The Balaban J connectivity index is 3.06. The molecule has 2 heteroatoms. The predicted octanol–water partition coefficient (Wildman–Crippen LogP) is 3.30. The highest BCUT2D eigenvalue weighted by Gasteiger charge is 2.09. The van der Waals surface area contributed by atoms with Crippen LogP contribution in [0.3, 0.4) is 0 Å². The number of nitrogens with zero attached hydrogens (tertiary/aromatic N) is 1. The molecule has 0 saturated carbocycles. The lowest BCUT2D eigenvalue weighted by Gasteiger charge is -2.03. The van der Waals surface area contributed by atoms with Crippen molar-refractivity contribution in [2.45, 2.75) is 26.7 Å². The van der Waals surface area contributed by atoms with Crippen molar-refractivity contribution in [3.05, 3.63) is 22.7 Å². The molecule has 0 fully saturated rings. The summed E-state index contributed by atoms with van der Waals surface area (Å²) in [5.74, 6) is 0.564. The quantitative estimate of drug-likeness (QED) is 0.658. The Hall–Kier alpha value is -0.630. The van der Waals surface area contributed by atoms with Gasteiger partial charge in [-0.05, 0) is 18.4 Å². The third kappa shape index (κ3) is 1.69. The van der Waals surface area contributed by atoms with Gasteiger partial charge in [0, 0.05) is 4.88 Å². The maximum atomic E-state index is 4.26. The lowest BCUT2D eigenvalue weighted by molar-refractivity contribution is 0.880. The van der Waals surface area contributed by atoms with E-state index in [9.17, 15) is 0 Å². The van der Waals surface area contributed by atoms with Crippen LogP contribution >= 0.6 is 11.3 Å². The molecule has 60 valence electrons. The lowest BCUT2D eigenvalue weighted by Crippen LogP contribution is -1.88. The molecule has 0 aromatic carbocycles. The highest BCUT2D eigenvalue weighted by Crippen LogP contribution is 2.26. The molecule has 0 bridgehead atoms. The van der Waals surface area contributed by atoms with Crippen LogP contribution in [0.15, 0.2) is 12.1 Å². The summed E-state index contributed by atoms with van der Waals surface area (Å²) in [5.41, 5.74) is 4.04. The van der Waals surface area contributed by atoms with E-state index in [0.717, 1.165) is 11.3 Å². The minimum absolute atomic E-state index is 0.564. The zero-order valence-electron chi connectivity index (χ0n) is 7.22. The summed E-state index contributed by atoms with van der Waals surface area (Å²) in [4.78, 5) is 5.60. The molecule has 0 spiro atoms. The summed E-state index contributed by atoms with van der Waals surface area (Å²) >= 11 is 1.71. The van der Waals surface area contributed by atoms with Crippen LogP contribution in [0.25, 0.3) is 5.57 Å². The molecule has 0 amide bonds. The Bertz CT molecular complexity index is 260. The van der Waals surface area contributed by atoms with Crippen LogP contribution in [0.1, 0.15) is 37.3 Å². The number of allylic oxidation sites excluding steroid dienone is 1. The first kappa shape index (κ1) is 8.47. The van der Waals surface area contributed by atoms with Gasteiger partial charge in [-0.25, -0.2) is 4.98 Å². The van der Waals surface area contributed by atoms with Crippen LogP contribution in [0.5, 0.6) is 0 Å². The van der Waals surface area contributed by atoms with Gasteiger partial charge in [0.05, 0.1) is 11.2 Å². The van der Waals surface area contributed by atoms with Gasteiger partial charge in [0.25, 0.3) is 0 Å². The average molecular weight is 167 g/mol. The van der Waals surface area contributed by atoms with E-state index in [1.54, 1.807) is 11.3 Å². The van der Waals surface area contributed by atoms with Crippen LogP contribution in [-0.4, -0.2) is 4.98 Å². The highest BCUT2D eigenvalue weighted by molar-refractivity contribution is 7.09. The van der Waals surface area contributed by atoms with E-state index in [1.807, 2.05) is 12.4 Å². The second-order valence-electron chi connectivity index (χ2n) is 3.00. The van der Waals surface area contributed by atoms with Crippen LogP contribution in [-0.2, 0) is 0 Å². The van der Waals surface area contributed by atoms with Crippen LogP contribution in [0, 0.1) is 0 Å². The van der Waals surface area contributed by atoms with Crippen molar-refractivity contribution in [1.82, 2.24) is 4.98 Å². The van der Waals surface area contributed by atoms with Gasteiger partial charge in [-0.15, -0.1) is 11.3 Å². The SMILES string of the molecule is C=C(C)c1ncsc1C(C)C. The van der Waals surface area contributed by atoms with Gasteiger partial charge in [-0.3, -0.25) is 0 Å². The van der Waals surface area contributed by atoms with Gasteiger partial charge in [0.1, 0.15) is 0 Å². The van der Waals surface area contributed by atoms with Gasteiger partial charge in [0.2, 0.25) is 0 Å². The Labute approximate surface area is 71.8 Å². The molecule has 0 N–H and O–H groups in total. The maximum absolute atomic E-state index is 4.26. The van der Waals surface area contributed by atoms with Gasteiger partial charge in [0.15, 0.2) is 0 Å². The number of aromatic nitrogens is 1. The molecule has 0 radical (unpaired) electrons. The van der Waals surface area contributed by atoms with Gasteiger partial charge in [-0.2, -0.15) is 0 Å². The number of thiazole rings is 1. The van der Waals surface area contributed by atoms with Gasteiger partial charge < -0.3 is 0 Å². The molecule has 0 atom stereocenters. The fraction of sp³-hybridized carbons (Fsp3) is 0.444. The minimum Gasteiger partial charge on any atom is -0.245 e. The first-order chi connectivity index (χ1) is 5.13. The molecular weight excluding hydrogens is 154 g/mol. The topological polar surface area (TPSA) is 12.9 Å². The van der Waals surface area contributed by atoms with E-state index in [0.29, 0.717) is 5.92 Å². The van der Waals surface area contributed by atoms with Crippen LogP contribution in [0.4, 0.5) is 0 Å². The summed E-state index contributed by atoms with van der Waals surface area (Å²) in [5, 5.41) is 0. The van der Waals surface area contributed by atoms with Crippen LogP contribution in [0.2, 0.25) is 0 Å². The van der Waals surface area contributed by atoms with Crippen molar-refractivity contribution in [2.24, 2.45) is 0 Å². The number of rotatable bonds is 2. The fourth-order valence-corrected chi connectivity index (χ4v) is 1.87. The highest BCUT2D eigenvalue weighted by atomic mass is 32.1. The van der Waals surface area contributed by atoms with Gasteiger partial charge in [-0.1, -0.05) is 20.4 Å². The Kier molecular flexibility index (Phi) is 2.45. The van der Waals surface area contributed by atoms with E-state index in [2.05, 4.69) is 25.4 Å². The van der Waals surface area contributed by atoms with Crippen molar-refractivity contribution >= 4 is 16.9 Å². The first-order valence-electron chi connectivity index (χ1n) is 3.72. The summed E-state index contributed by atoms with van der Waals surface area (Å²) < 4.78 is 0. The van der Waals surface area contributed by atoms with Crippen molar-refractivity contribution in [2.75, 3.05) is 0 Å². The molecule has 0 aliphatic heterocycles. The molecule has 0 unspecified atom stereocenters. The third-order valence-corrected chi connectivity index (χ3v) is 2.65. The summed E-state index contributed by atoms with van der Waals surface area (Å²) in [6.45, 7) is 10.2. The third-order valence-electron chi connectivity index (χ3n) is 1.52. The monoisotopic (exact) mass is 167 g/mol. The van der Waals surface area contributed by atoms with E-state index in [1.165, 1.54) is 4.88 Å². The largest absolute Gasteiger partial charge is 0.245 e. The molecule has 1 heterocycles. The molecule has 1 aromatic rings. The zero-order chi connectivity index (χ0) is 8.43. The normalized spacial score (nSPS) is 10.5. The standard InChI is InChI=1S/C9H13NS/c1-6(2)8-9(7(3)4)11-5-10-8/h5,7H,1H2,2-4H3.